The Morgan fingerprint density at radius 2 is 2.12 bits per heavy atom. The third-order valence-electron chi connectivity index (χ3n) is 3.66. The highest BCUT2D eigenvalue weighted by molar-refractivity contribution is 5.19. The van der Waals surface area contributed by atoms with E-state index in [9.17, 15) is 5.11 Å². The first-order valence-electron chi connectivity index (χ1n) is 6.45. The van der Waals surface area contributed by atoms with Crippen LogP contribution in [-0.4, -0.2) is 35.2 Å². The average Bonchev–Trinajstić information content (AvgIpc) is 2.36. The van der Waals surface area contributed by atoms with Crippen LogP contribution in [0, 0.1) is 0 Å². The lowest BCUT2D eigenvalue weighted by molar-refractivity contribution is 0.0412. The summed E-state index contributed by atoms with van der Waals surface area (Å²) in [6.07, 6.45) is 1.52. The number of piperidine rings is 1. The minimum absolute atomic E-state index is 0.110. The van der Waals surface area contributed by atoms with Gasteiger partial charge in [0, 0.05) is 25.2 Å². The molecule has 1 heterocycles. The summed E-state index contributed by atoms with van der Waals surface area (Å²) in [5, 5.41) is 9.67. The lowest BCUT2D eigenvalue weighted by Crippen LogP contribution is -2.52. The number of benzene rings is 1. The molecule has 1 aliphatic heterocycles. The molecule has 0 amide bonds. The van der Waals surface area contributed by atoms with E-state index in [2.05, 4.69) is 36.1 Å². The standard InChI is InChI=1S/C14H22N2O/c1-2-13(11-6-4-3-5-7-11)16-9-8-14(17)12(15)10-16/h3-7,12-14,17H,2,8-10,15H2,1H3/t12-,13?,14-/m1/s1. The second-order valence-electron chi connectivity index (χ2n) is 4.85. The van der Waals surface area contributed by atoms with Crippen LogP contribution in [0.15, 0.2) is 30.3 Å². The van der Waals surface area contributed by atoms with E-state index in [0.29, 0.717) is 6.04 Å². The van der Waals surface area contributed by atoms with Gasteiger partial charge in [0.1, 0.15) is 0 Å². The second kappa shape index (κ2) is 5.63. The van der Waals surface area contributed by atoms with Gasteiger partial charge in [-0.25, -0.2) is 0 Å². The highest BCUT2D eigenvalue weighted by atomic mass is 16.3. The molecule has 0 bridgehead atoms. The zero-order chi connectivity index (χ0) is 12.3. The van der Waals surface area contributed by atoms with Gasteiger partial charge in [0.2, 0.25) is 0 Å². The zero-order valence-electron chi connectivity index (χ0n) is 10.4. The van der Waals surface area contributed by atoms with Crippen LogP contribution in [0.4, 0.5) is 0 Å². The zero-order valence-corrected chi connectivity index (χ0v) is 10.4. The number of aliphatic hydroxyl groups is 1. The van der Waals surface area contributed by atoms with Crippen LogP contribution in [0.3, 0.4) is 0 Å². The minimum Gasteiger partial charge on any atom is -0.391 e. The smallest absolute Gasteiger partial charge is 0.0715 e. The fourth-order valence-corrected chi connectivity index (χ4v) is 2.66. The van der Waals surface area contributed by atoms with Gasteiger partial charge >= 0.3 is 0 Å². The molecule has 3 heteroatoms. The first-order chi connectivity index (χ1) is 8.22. The van der Waals surface area contributed by atoms with E-state index < -0.39 is 0 Å². The quantitative estimate of drug-likeness (QED) is 0.834. The molecular weight excluding hydrogens is 212 g/mol. The maximum Gasteiger partial charge on any atom is 0.0715 e. The Labute approximate surface area is 103 Å². The third-order valence-corrected chi connectivity index (χ3v) is 3.66. The monoisotopic (exact) mass is 234 g/mol. The molecule has 0 spiro atoms. The Kier molecular flexibility index (Phi) is 4.15. The van der Waals surface area contributed by atoms with Gasteiger partial charge in [-0.05, 0) is 18.4 Å². The van der Waals surface area contributed by atoms with E-state index in [4.69, 9.17) is 5.73 Å². The molecule has 1 aromatic rings. The normalized spacial score (nSPS) is 27.9. The number of nitrogens with two attached hydrogens (primary N) is 1. The van der Waals surface area contributed by atoms with E-state index in [1.807, 2.05) is 6.07 Å². The fraction of sp³-hybridized carbons (Fsp3) is 0.571. The largest absolute Gasteiger partial charge is 0.391 e. The van der Waals surface area contributed by atoms with Gasteiger partial charge < -0.3 is 10.8 Å². The number of hydrogen-bond donors (Lipinski definition) is 2. The Morgan fingerprint density at radius 3 is 2.71 bits per heavy atom. The van der Waals surface area contributed by atoms with Crippen molar-refractivity contribution in [3.63, 3.8) is 0 Å². The number of aliphatic hydroxyl groups excluding tert-OH is 1. The maximum absolute atomic E-state index is 9.67. The predicted molar refractivity (Wildman–Crippen MR) is 69.6 cm³/mol. The molecular formula is C14H22N2O. The van der Waals surface area contributed by atoms with Gasteiger partial charge in [-0.2, -0.15) is 0 Å². The molecule has 3 nitrogen and oxygen atoms in total. The molecule has 1 fully saturated rings. The van der Waals surface area contributed by atoms with Crippen LogP contribution in [0.1, 0.15) is 31.4 Å². The summed E-state index contributed by atoms with van der Waals surface area (Å²) in [5.74, 6) is 0. The van der Waals surface area contributed by atoms with Gasteiger partial charge in [0.05, 0.1) is 6.10 Å². The first-order valence-corrected chi connectivity index (χ1v) is 6.45. The van der Waals surface area contributed by atoms with Crippen molar-refractivity contribution in [1.29, 1.82) is 0 Å². The summed E-state index contributed by atoms with van der Waals surface area (Å²) < 4.78 is 0. The van der Waals surface area contributed by atoms with Gasteiger partial charge in [-0.1, -0.05) is 37.3 Å². The van der Waals surface area contributed by atoms with Crippen LogP contribution in [0.25, 0.3) is 0 Å². The molecule has 3 atom stereocenters. The molecule has 1 aromatic carbocycles. The Hall–Kier alpha value is -0.900. The Morgan fingerprint density at radius 1 is 1.41 bits per heavy atom. The van der Waals surface area contributed by atoms with Crippen molar-refractivity contribution < 1.29 is 5.11 Å². The molecule has 2 rings (SSSR count). The summed E-state index contributed by atoms with van der Waals surface area (Å²) in [6, 6.07) is 10.9. The van der Waals surface area contributed by atoms with Crippen molar-refractivity contribution in [3.8, 4) is 0 Å². The molecule has 1 aliphatic rings. The molecule has 1 unspecified atom stereocenters. The van der Waals surface area contributed by atoms with Crippen molar-refractivity contribution >= 4 is 0 Å². The molecule has 17 heavy (non-hydrogen) atoms. The summed E-state index contributed by atoms with van der Waals surface area (Å²) in [4.78, 5) is 2.40. The Balaban J connectivity index is 2.09. The molecule has 94 valence electrons. The summed E-state index contributed by atoms with van der Waals surface area (Å²) in [6.45, 7) is 3.92. The number of rotatable bonds is 3. The minimum atomic E-state index is -0.334. The van der Waals surface area contributed by atoms with Crippen LogP contribution in [0.5, 0.6) is 0 Å². The predicted octanol–water partition coefficient (Wildman–Crippen LogP) is 1.53. The molecule has 0 aromatic heterocycles. The first kappa shape index (κ1) is 12.6. The second-order valence-corrected chi connectivity index (χ2v) is 4.85. The van der Waals surface area contributed by atoms with Crippen molar-refractivity contribution in [3.05, 3.63) is 35.9 Å². The highest BCUT2D eigenvalue weighted by Gasteiger charge is 2.28. The van der Waals surface area contributed by atoms with E-state index in [1.165, 1.54) is 5.56 Å². The number of hydrogen-bond acceptors (Lipinski definition) is 3. The van der Waals surface area contributed by atoms with Crippen LogP contribution >= 0.6 is 0 Å². The lowest BCUT2D eigenvalue weighted by Gasteiger charge is -2.39. The average molecular weight is 234 g/mol. The molecule has 0 saturated carbocycles. The van der Waals surface area contributed by atoms with E-state index in [-0.39, 0.29) is 12.1 Å². The molecule has 1 saturated heterocycles. The van der Waals surface area contributed by atoms with Gasteiger partial charge in [-0.3, -0.25) is 4.90 Å². The van der Waals surface area contributed by atoms with Gasteiger partial charge in [0.25, 0.3) is 0 Å². The van der Waals surface area contributed by atoms with Crippen molar-refractivity contribution in [2.45, 2.75) is 38.0 Å². The highest BCUT2D eigenvalue weighted by Crippen LogP contribution is 2.26. The fourth-order valence-electron chi connectivity index (χ4n) is 2.66. The summed E-state index contributed by atoms with van der Waals surface area (Å²) in [7, 11) is 0. The van der Waals surface area contributed by atoms with Crippen LogP contribution < -0.4 is 5.73 Å². The van der Waals surface area contributed by atoms with Gasteiger partial charge in [-0.15, -0.1) is 0 Å². The number of nitrogens with zero attached hydrogens (tertiary/aromatic N) is 1. The summed E-state index contributed by atoms with van der Waals surface area (Å²) >= 11 is 0. The molecule has 0 aliphatic carbocycles. The van der Waals surface area contributed by atoms with Crippen LogP contribution in [0.2, 0.25) is 0 Å². The van der Waals surface area contributed by atoms with E-state index >= 15 is 0 Å². The lowest BCUT2D eigenvalue weighted by atomic mass is 9.96. The SMILES string of the molecule is CCC(c1ccccc1)N1CC[C@@H](O)[C@H](N)C1. The third kappa shape index (κ3) is 2.86. The number of likely N-dealkylation sites (tertiary alicyclic amines) is 1. The summed E-state index contributed by atoms with van der Waals surface area (Å²) in [5.41, 5.74) is 7.29. The van der Waals surface area contributed by atoms with Crippen LogP contribution in [-0.2, 0) is 0 Å². The van der Waals surface area contributed by atoms with Crippen molar-refractivity contribution in [2.75, 3.05) is 13.1 Å². The van der Waals surface area contributed by atoms with Crippen molar-refractivity contribution in [2.24, 2.45) is 5.73 Å². The molecule has 3 N–H and O–H groups in total. The molecule has 0 radical (unpaired) electrons. The van der Waals surface area contributed by atoms with E-state index in [0.717, 1.165) is 25.9 Å². The van der Waals surface area contributed by atoms with Gasteiger partial charge in [0.15, 0.2) is 0 Å². The Bertz CT molecular complexity index is 341. The maximum atomic E-state index is 9.67. The van der Waals surface area contributed by atoms with Crippen molar-refractivity contribution in [1.82, 2.24) is 4.90 Å². The topological polar surface area (TPSA) is 49.5 Å². The van der Waals surface area contributed by atoms with E-state index in [1.54, 1.807) is 0 Å².